The maximum atomic E-state index is 13.6. The van der Waals surface area contributed by atoms with E-state index in [9.17, 15) is 24.9 Å². The maximum Gasteiger partial charge on any atom is 0.333 e. The van der Waals surface area contributed by atoms with Gasteiger partial charge in [-0.25, -0.2) is 4.79 Å². The second-order valence-electron chi connectivity index (χ2n) is 18.4. The molecule has 0 aromatic rings. The van der Waals surface area contributed by atoms with Crippen molar-refractivity contribution < 1.29 is 34.4 Å². The predicted octanol–water partition coefficient (Wildman–Crippen LogP) is 7.17. The summed E-state index contributed by atoms with van der Waals surface area (Å²) in [7, 11) is 0. The fourth-order valence-electron chi connectivity index (χ4n) is 12.0. The number of aliphatic hydroxyl groups is 3. The predicted molar refractivity (Wildman–Crippen MR) is 183 cm³/mol. The number of esters is 2. The molecule has 0 aliphatic heterocycles. The van der Waals surface area contributed by atoms with Crippen molar-refractivity contribution in [2.75, 3.05) is 6.61 Å². The average molecular weight is 657 g/mol. The summed E-state index contributed by atoms with van der Waals surface area (Å²) in [5.41, 5.74) is -0.670. The molecule has 0 amide bonds. The Morgan fingerprint density at radius 2 is 1.62 bits per heavy atom. The fraction of sp³-hybridized carbons (Fsp3) is 0.850. The van der Waals surface area contributed by atoms with E-state index in [0.717, 1.165) is 32.1 Å². The Morgan fingerprint density at radius 1 is 0.957 bits per heavy atom. The van der Waals surface area contributed by atoms with Gasteiger partial charge in [0.15, 0.2) is 0 Å². The van der Waals surface area contributed by atoms with Gasteiger partial charge in [-0.3, -0.25) is 4.79 Å². The minimum atomic E-state index is -1.22. The third-order valence-electron chi connectivity index (χ3n) is 15.6. The van der Waals surface area contributed by atoms with Crippen LogP contribution in [0.4, 0.5) is 0 Å². The van der Waals surface area contributed by atoms with Crippen molar-refractivity contribution in [2.24, 2.45) is 56.2 Å². The molecule has 4 saturated carbocycles. The van der Waals surface area contributed by atoms with Gasteiger partial charge in [0.1, 0.15) is 12.2 Å². The highest BCUT2D eigenvalue weighted by molar-refractivity contribution is 5.87. The molecule has 0 saturated heterocycles. The molecule has 0 aromatic carbocycles. The molecule has 0 heterocycles. The molecule has 12 atom stereocenters. The Balaban J connectivity index is 1.64. The summed E-state index contributed by atoms with van der Waals surface area (Å²) in [5, 5.41) is 35.1. The molecule has 5 rings (SSSR count). The summed E-state index contributed by atoms with van der Waals surface area (Å²) < 4.78 is 12.6. The quantitative estimate of drug-likeness (QED) is 0.158. The van der Waals surface area contributed by atoms with Gasteiger partial charge < -0.3 is 24.8 Å². The largest absolute Gasteiger partial charge is 0.457 e. The van der Waals surface area contributed by atoms with Crippen LogP contribution in [0, 0.1) is 56.2 Å². The molecule has 7 nitrogen and oxygen atoms in total. The molecule has 5 aliphatic rings. The Morgan fingerprint density at radius 3 is 2.21 bits per heavy atom. The number of allylic oxidation sites excluding steroid dienone is 3. The molecule has 5 aliphatic carbocycles. The van der Waals surface area contributed by atoms with Crippen molar-refractivity contribution >= 4 is 11.9 Å². The SMILES string of the molecule is CC=C(C)C(=O)OC1C(OC(=O)C(C)CC)C2(CO)C(O)CC3(C)C(=CCC4C5(C)CCC(O)C(C)(C)C5CCC43C)C2CC1(C)C. The van der Waals surface area contributed by atoms with E-state index in [2.05, 4.69) is 54.5 Å². The summed E-state index contributed by atoms with van der Waals surface area (Å²) in [5.74, 6) is -0.724. The smallest absolute Gasteiger partial charge is 0.333 e. The van der Waals surface area contributed by atoms with Crippen LogP contribution < -0.4 is 0 Å². The number of aliphatic hydroxyl groups excluding tert-OH is 3. The van der Waals surface area contributed by atoms with E-state index in [1.165, 1.54) is 5.57 Å². The monoisotopic (exact) mass is 656 g/mol. The Labute approximate surface area is 283 Å². The van der Waals surface area contributed by atoms with E-state index < -0.39 is 41.1 Å². The van der Waals surface area contributed by atoms with Crippen molar-refractivity contribution in [1.82, 2.24) is 0 Å². The van der Waals surface area contributed by atoms with Gasteiger partial charge in [0.25, 0.3) is 0 Å². The van der Waals surface area contributed by atoms with Crippen LogP contribution in [-0.4, -0.2) is 58.3 Å². The topological polar surface area (TPSA) is 113 Å². The number of carbonyl (C=O) groups is 2. The van der Waals surface area contributed by atoms with Gasteiger partial charge in [-0.05, 0) is 105 Å². The highest BCUT2D eigenvalue weighted by atomic mass is 16.6. The molecule has 0 radical (unpaired) electrons. The van der Waals surface area contributed by atoms with Gasteiger partial charge in [-0.1, -0.05) is 80.0 Å². The van der Waals surface area contributed by atoms with Crippen LogP contribution in [0.2, 0.25) is 0 Å². The molecular weight excluding hydrogens is 592 g/mol. The summed E-state index contributed by atoms with van der Waals surface area (Å²) in [6.45, 7) is 22.7. The van der Waals surface area contributed by atoms with E-state index >= 15 is 0 Å². The molecule has 7 heteroatoms. The van der Waals surface area contributed by atoms with Crippen molar-refractivity contribution in [3.8, 4) is 0 Å². The second kappa shape index (κ2) is 12.0. The zero-order chi connectivity index (χ0) is 35.1. The van der Waals surface area contributed by atoms with E-state index in [1.54, 1.807) is 19.9 Å². The highest BCUT2D eigenvalue weighted by Crippen LogP contribution is 2.76. The Kier molecular flexibility index (Phi) is 9.32. The van der Waals surface area contributed by atoms with Gasteiger partial charge in [0, 0.05) is 11.0 Å². The lowest BCUT2D eigenvalue weighted by Crippen LogP contribution is -2.72. The maximum absolute atomic E-state index is 13.6. The van der Waals surface area contributed by atoms with Crippen LogP contribution in [0.3, 0.4) is 0 Å². The molecule has 3 N–H and O–H groups in total. The van der Waals surface area contributed by atoms with Crippen molar-refractivity contribution in [3.63, 3.8) is 0 Å². The minimum Gasteiger partial charge on any atom is -0.457 e. The highest BCUT2D eigenvalue weighted by Gasteiger charge is 2.73. The van der Waals surface area contributed by atoms with Crippen molar-refractivity contribution in [1.29, 1.82) is 0 Å². The minimum absolute atomic E-state index is 0.0569. The first kappa shape index (κ1) is 36.6. The van der Waals surface area contributed by atoms with Crippen molar-refractivity contribution in [3.05, 3.63) is 23.3 Å². The van der Waals surface area contributed by atoms with Gasteiger partial charge in [0.2, 0.25) is 0 Å². The van der Waals surface area contributed by atoms with Gasteiger partial charge in [-0.15, -0.1) is 0 Å². The zero-order valence-corrected chi connectivity index (χ0v) is 31.1. The van der Waals surface area contributed by atoms with Crippen LogP contribution in [-0.2, 0) is 19.1 Å². The molecular formula is C40H64O7. The molecule has 47 heavy (non-hydrogen) atoms. The lowest BCUT2D eigenvalue weighted by atomic mass is 9.33. The van der Waals surface area contributed by atoms with E-state index in [-0.39, 0.29) is 46.2 Å². The van der Waals surface area contributed by atoms with Crippen LogP contribution >= 0.6 is 0 Å². The van der Waals surface area contributed by atoms with E-state index in [0.29, 0.717) is 36.7 Å². The fourth-order valence-corrected chi connectivity index (χ4v) is 12.0. The number of fused-ring (bicyclic) bond motifs is 7. The van der Waals surface area contributed by atoms with E-state index in [1.807, 2.05) is 13.8 Å². The second-order valence-corrected chi connectivity index (χ2v) is 18.4. The number of carbonyl (C=O) groups excluding carboxylic acids is 2. The number of hydrogen-bond acceptors (Lipinski definition) is 7. The first-order valence-corrected chi connectivity index (χ1v) is 18.4. The third kappa shape index (κ3) is 5.05. The molecule has 4 fully saturated rings. The van der Waals surface area contributed by atoms with Gasteiger partial charge in [-0.2, -0.15) is 0 Å². The Bertz CT molecular complexity index is 1310. The standard InChI is InChI=1S/C40H64O7/c1-12-23(3)33(44)46-31-32(47-34(45)24(4)13-2)40(22-41)26(20-35(31,5)6)25-14-15-28-37(9)18-17-29(42)36(7,8)27(37)16-19-38(28,10)39(25,11)21-30(40)43/h12,14,24,26-32,41-43H,13,15-22H2,1-11H3. The number of ether oxygens (including phenoxy) is 2. The molecule has 0 aromatic heterocycles. The zero-order valence-electron chi connectivity index (χ0n) is 31.1. The van der Waals surface area contributed by atoms with Crippen LogP contribution in [0.25, 0.3) is 0 Å². The molecule has 0 bridgehead atoms. The number of hydrogen-bond donors (Lipinski definition) is 3. The molecule has 12 unspecified atom stereocenters. The normalized spacial score (nSPS) is 46.0. The third-order valence-corrected chi connectivity index (χ3v) is 15.6. The first-order valence-electron chi connectivity index (χ1n) is 18.4. The molecule has 266 valence electrons. The van der Waals surface area contributed by atoms with E-state index in [4.69, 9.17) is 9.47 Å². The van der Waals surface area contributed by atoms with Crippen LogP contribution in [0.5, 0.6) is 0 Å². The summed E-state index contributed by atoms with van der Waals surface area (Å²) in [6.07, 6.45) is 7.34. The van der Waals surface area contributed by atoms with Gasteiger partial charge in [0.05, 0.1) is 30.1 Å². The average Bonchev–Trinajstić information content (AvgIpc) is 3.00. The van der Waals surface area contributed by atoms with Crippen LogP contribution in [0.1, 0.15) is 128 Å². The molecule has 0 spiro atoms. The van der Waals surface area contributed by atoms with Crippen molar-refractivity contribution in [2.45, 2.75) is 152 Å². The Hall–Kier alpha value is -1.70. The lowest BCUT2D eigenvalue weighted by Gasteiger charge is -2.72. The summed E-state index contributed by atoms with van der Waals surface area (Å²) in [4.78, 5) is 26.9. The summed E-state index contributed by atoms with van der Waals surface area (Å²) in [6, 6.07) is 0. The van der Waals surface area contributed by atoms with Crippen LogP contribution in [0.15, 0.2) is 23.3 Å². The summed E-state index contributed by atoms with van der Waals surface area (Å²) >= 11 is 0. The lowest BCUT2D eigenvalue weighted by molar-refractivity contribution is -0.267. The first-order chi connectivity index (χ1) is 21.7. The van der Waals surface area contributed by atoms with Gasteiger partial charge >= 0.3 is 11.9 Å². The number of rotatable bonds is 6.